The Morgan fingerprint density at radius 1 is 1.21 bits per heavy atom. The summed E-state index contributed by atoms with van der Waals surface area (Å²) in [5.41, 5.74) is 1.86. The molecule has 0 spiro atoms. The molecule has 29 heavy (non-hydrogen) atoms. The van der Waals surface area contributed by atoms with Crippen molar-refractivity contribution in [3.05, 3.63) is 64.0 Å². The molecule has 7 nitrogen and oxygen atoms in total. The number of hydrogen-bond donors (Lipinski definition) is 2. The van der Waals surface area contributed by atoms with Crippen molar-refractivity contribution in [2.45, 2.75) is 33.2 Å². The predicted octanol–water partition coefficient (Wildman–Crippen LogP) is 3.95. The molecule has 3 aromatic heterocycles. The van der Waals surface area contributed by atoms with Gasteiger partial charge in [0, 0.05) is 30.5 Å². The summed E-state index contributed by atoms with van der Waals surface area (Å²) in [6.45, 7) is 6.10. The Morgan fingerprint density at radius 3 is 2.62 bits per heavy atom. The summed E-state index contributed by atoms with van der Waals surface area (Å²) in [7, 11) is 1.91. The lowest BCUT2D eigenvalue weighted by atomic mass is 10.0. The Hall–Kier alpha value is -3.00. The molecule has 0 aliphatic rings. The molecule has 152 valence electrons. The molecular weight excluding hydrogens is 386 g/mol. The quantitative estimate of drug-likeness (QED) is 0.616. The standard InChI is InChI=1S/C21H25N5O2S/c1-13(2)11-16(23-19(27)15-8-10-26(4)14(15)3)21-24-17(12-29-21)20(28)25-18-7-5-6-9-22-18/h5-10,12-13,16H,11H2,1-4H3,(H,23,27)(H,22,25,28)/t16-/m0/s1. The topological polar surface area (TPSA) is 88.9 Å². The molecule has 0 saturated carbocycles. The van der Waals surface area contributed by atoms with Crippen LogP contribution >= 0.6 is 11.3 Å². The fraction of sp³-hybridized carbons (Fsp3) is 0.333. The van der Waals surface area contributed by atoms with Crippen molar-refractivity contribution in [3.63, 3.8) is 0 Å². The van der Waals surface area contributed by atoms with Gasteiger partial charge in [0.15, 0.2) is 0 Å². The van der Waals surface area contributed by atoms with E-state index < -0.39 is 0 Å². The number of nitrogens with one attached hydrogen (secondary N) is 2. The molecule has 0 aromatic carbocycles. The Balaban J connectivity index is 1.76. The van der Waals surface area contributed by atoms with E-state index in [2.05, 4.69) is 34.4 Å². The number of nitrogens with zero attached hydrogens (tertiary/aromatic N) is 3. The van der Waals surface area contributed by atoms with Crippen molar-refractivity contribution in [1.82, 2.24) is 19.9 Å². The van der Waals surface area contributed by atoms with Crippen LogP contribution in [0.2, 0.25) is 0 Å². The molecule has 0 bridgehead atoms. The molecule has 3 heterocycles. The second-order valence-corrected chi connectivity index (χ2v) is 8.21. The highest BCUT2D eigenvalue weighted by atomic mass is 32.1. The maximum absolute atomic E-state index is 12.8. The van der Waals surface area contributed by atoms with Gasteiger partial charge < -0.3 is 15.2 Å². The molecule has 8 heteroatoms. The molecule has 3 rings (SSSR count). The number of aromatic nitrogens is 3. The van der Waals surface area contributed by atoms with Crippen molar-refractivity contribution in [3.8, 4) is 0 Å². The van der Waals surface area contributed by atoms with Gasteiger partial charge in [-0.3, -0.25) is 9.59 Å². The summed E-state index contributed by atoms with van der Waals surface area (Å²) in [4.78, 5) is 33.8. The monoisotopic (exact) mass is 411 g/mol. The van der Waals surface area contributed by atoms with E-state index in [1.54, 1.807) is 29.8 Å². The summed E-state index contributed by atoms with van der Waals surface area (Å²) < 4.78 is 1.91. The number of aryl methyl sites for hydroxylation is 1. The summed E-state index contributed by atoms with van der Waals surface area (Å²) in [5, 5.41) is 8.24. The number of carbonyl (C=O) groups excluding carboxylic acids is 2. The van der Waals surface area contributed by atoms with Gasteiger partial charge in [-0.25, -0.2) is 9.97 Å². The molecule has 2 amide bonds. The van der Waals surface area contributed by atoms with Crippen molar-refractivity contribution in [1.29, 1.82) is 0 Å². The molecule has 3 aromatic rings. The Morgan fingerprint density at radius 2 is 2.00 bits per heavy atom. The summed E-state index contributed by atoms with van der Waals surface area (Å²) in [6.07, 6.45) is 4.21. The minimum absolute atomic E-state index is 0.136. The normalized spacial score (nSPS) is 12.0. The summed E-state index contributed by atoms with van der Waals surface area (Å²) in [6, 6.07) is 6.85. The Bertz CT molecular complexity index is 994. The van der Waals surface area contributed by atoms with Crippen molar-refractivity contribution >= 4 is 29.0 Å². The van der Waals surface area contributed by atoms with E-state index in [1.165, 1.54) is 11.3 Å². The van der Waals surface area contributed by atoms with Crippen LogP contribution in [-0.4, -0.2) is 26.3 Å². The highest BCUT2D eigenvalue weighted by Crippen LogP contribution is 2.26. The van der Waals surface area contributed by atoms with Crippen LogP contribution < -0.4 is 10.6 Å². The van der Waals surface area contributed by atoms with E-state index in [4.69, 9.17) is 0 Å². The zero-order valence-corrected chi connectivity index (χ0v) is 17.8. The molecular formula is C21H25N5O2S. The van der Waals surface area contributed by atoms with Gasteiger partial charge in [0.05, 0.1) is 11.6 Å². The molecule has 0 aliphatic heterocycles. The van der Waals surface area contributed by atoms with Gasteiger partial charge in [0.25, 0.3) is 11.8 Å². The lowest BCUT2D eigenvalue weighted by Gasteiger charge is -2.18. The van der Waals surface area contributed by atoms with Gasteiger partial charge in [0.2, 0.25) is 0 Å². The average Bonchev–Trinajstić information content (AvgIpc) is 3.30. The van der Waals surface area contributed by atoms with E-state index in [0.717, 1.165) is 12.1 Å². The first-order valence-corrected chi connectivity index (χ1v) is 10.3. The molecule has 0 saturated heterocycles. The van der Waals surface area contributed by atoms with Crippen LogP contribution in [-0.2, 0) is 7.05 Å². The van der Waals surface area contributed by atoms with Crippen LogP contribution in [0, 0.1) is 12.8 Å². The number of amides is 2. The third-order valence-corrected chi connectivity index (χ3v) is 5.56. The molecule has 2 N–H and O–H groups in total. The molecule has 1 atom stereocenters. The number of anilines is 1. The first-order chi connectivity index (χ1) is 13.8. The van der Waals surface area contributed by atoms with Gasteiger partial charge in [-0.15, -0.1) is 11.3 Å². The fourth-order valence-corrected chi connectivity index (χ4v) is 3.81. The number of pyridine rings is 1. The SMILES string of the molecule is Cc1c(C(=O)N[C@@H](CC(C)C)c2nc(C(=O)Nc3ccccn3)cs2)ccn1C. The Kier molecular flexibility index (Phi) is 6.43. The van der Waals surface area contributed by atoms with E-state index in [-0.39, 0.29) is 17.9 Å². The number of carbonyl (C=O) groups is 2. The molecule has 0 radical (unpaired) electrons. The van der Waals surface area contributed by atoms with Crippen LogP contribution in [0.1, 0.15) is 57.9 Å². The zero-order valence-electron chi connectivity index (χ0n) is 17.0. The van der Waals surface area contributed by atoms with E-state index in [1.807, 2.05) is 30.8 Å². The van der Waals surface area contributed by atoms with E-state index in [0.29, 0.717) is 28.0 Å². The smallest absolute Gasteiger partial charge is 0.276 e. The average molecular weight is 412 g/mol. The van der Waals surface area contributed by atoms with E-state index in [9.17, 15) is 9.59 Å². The molecule has 0 aliphatic carbocycles. The van der Waals surface area contributed by atoms with Crippen LogP contribution in [0.15, 0.2) is 42.0 Å². The zero-order chi connectivity index (χ0) is 21.0. The van der Waals surface area contributed by atoms with Crippen LogP contribution in [0.5, 0.6) is 0 Å². The number of thiazole rings is 1. The van der Waals surface area contributed by atoms with Crippen LogP contribution in [0.25, 0.3) is 0 Å². The van der Waals surface area contributed by atoms with Crippen LogP contribution in [0.4, 0.5) is 5.82 Å². The maximum Gasteiger partial charge on any atom is 0.276 e. The Labute approximate surface area is 174 Å². The lowest BCUT2D eigenvalue weighted by molar-refractivity contribution is 0.0931. The second kappa shape index (κ2) is 9.00. The van der Waals surface area contributed by atoms with Crippen molar-refractivity contribution in [2.24, 2.45) is 13.0 Å². The molecule has 0 fully saturated rings. The van der Waals surface area contributed by atoms with Crippen LogP contribution in [0.3, 0.4) is 0 Å². The third kappa shape index (κ3) is 5.08. The third-order valence-electron chi connectivity index (χ3n) is 4.60. The van der Waals surface area contributed by atoms with Gasteiger partial charge in [-0.2, -0.15) is 0 Å². The number of rotatable bonds is 7. The maximum atomic E-state index is 12.8. The highest BCUT2D eigenvalue weighted by Gasteiger charge is 2.23. The number of hydrogen-bond acceptors (Lipinski definition) is 5. The summed E-state index contributed by atoms with van der Waals surface area (Å²) in [5.74, 6) is 0.369. The minimum Gasteiger partial charge on any atom is -0.354 e. The highest BCUT2D eigenvalue weighted by molar-refractivity contribution is 7.10. The summed E-state index contributed by atoms with van der Waals surface area (Å²) >= 11 is 1.37. The second-order valence-electron chi connectivity index (χ2n) is 7.32. The first-order valence-electron chi connectivity index (χ1n) is 9.45. The largest absolute Gasteiger partial charge is 0.354 e. The molecule has 0 unspecified atom stereocenters. The fourth-order valence-electron chi connectivity index (χ4n) is 2.95. The van der Waals surface area contributed by atoms with Gasteiger partial charge >= 0.3 is 0 Å². The van der Waals surface area contributed by atoms with Gasteiger partial charge in [-0.1, -0.05) is 19.9 Å². The first kappa shape index (κ1) is 20.7. The van der Waals surface area contributed by atoms with Gasteiger partial charge in [-0.05, 0) is 37.5 Å². The minimum atomic E-state index is -0.320. The van der Waals surface area contributed by atoms with Crippen molar-refractivity contribution < 1.29 is 9.59 Å². The lowest BCUT2D eigenvalue weighted by Crippen LogP contribution is -2.30. The van der Waals surface area contributed by atoms with Gasteiger partial charge in [0.1, 0.15) is 16.5 Å². The van der Waals surface area contributed by atoms with E-state index >= 15 is 0 Å². The predicted molar refractivity (Wildman–Crippen MR) is 114 cm³/mol. The van der Waals surface area contributed by atoms with Crippen molar-refractivity contribution in [2.75, 3.05) is 5.32 Å².